The number of aliphatic imine (C=N–C) groups is 1. The van der Waals surface area contributed by atoms with Gasteiger partial charge in [0, 0.05) is 5.02 Å². The van der Waals surface area contributed by atoms with Crippen molar-refractivity contribution in [1.29, 1.82) is 0 Å². The molecule has 2 aromatic carbocycles. The molecule has 128 valence electrons. The van der Waals surface area contributed by atoms with Crippen LogP contribution in [0.3, 0.4) is 0 Å². The summed E-state index contributed by atoms with van der Waals surface area (Å²) < 4.78 is 10.8. The summed E-state index contributed by atoms with van der Waals surface area (Å²) in [6, 6.07) is 12.3. The fourth-order valence-electron chi connectivity index (χ4n) is 2.26. The highest BCUT2D eigenvalue weighted by atomic mass is 35.5. The number of esters is 1. The van der Waals surface area contributed by atoms with Crippen LogP contribution in [0, 0.1) is 0 Å². The van der Waals surface area contributed by atoms with Crippen molar-refractivity contribution in [2.24, 2.45) is 4.99 Å². The molecule has 0 atom stereocenters. The fourth-order valence-corrected chi connectivity index (χ4v) is 2.75. The normalized spacial score (nSPS) is 15.2. The Morgan fingerprint density at radius 2 is 2.04 bits per heavy atom. The van der Waals surface area contributed by atoms with Crippen molar-refractivity contribution in [2.75, 3.05) is 6.61 Å². The Balaban J connectivity index is 1.88. The van der Waals surface area contributed by atoms with E-state index in [1.54, 1.807) is 24.3 Å². The van der Waals surface area contributed by atoms with Gasteiger partial charge in [-0.1, -0.05) is 42.3 Å². The van der Waals surface area contributed by atoms with E-state index in [4.69, 9.17) is 32.7 Å². The second-order valence-corrected chi connectivity index (χ2v) is 6.22. The fraction of sp³-hybridized carbons (Fsp3) is 0.158. The van der Waals surface area contributed by atoms with E-state index in [-0.39, 0.29) is 11.6 Å². The summed E-state index contributed by atoms with van der Waals surface area (Å²) in [5.41, 5.74) is 1.52. The summed E-state index contributed by atoms with van der Waals surface area (Å²) in [6.45, 7) is 2.68. The topological polar surface area (TPSA) is 47.9 Å². The highest BCUT2D eigenvalue weighted by Gasteiger charge is 2.25. The van der Waals surface area contributed by atoms with Crippen LogP contribution in [-0.4, -0.2) is 18.5 Å². The Hall–Kier alpha value is -2.30. The predicted molar refractivity (Wildman–Crippen MR) is 99.3 cm³/mol. The first-order chi connectivity index (χ1) is 12.1. The Morgan fingerprint density at radius 1 is 1.20 bits per heavy atom. The van der Waals surface area contributed by atoms with Crippen LogP contribution < -0.4 is 4.74 Å². The van der Waals surface area contributed by atoms with Gasteiger partial charge in [0.1, 0.15) is 5.75 Å². The first kappa shape index (κ1) is 17.5. The van der Waals surface area contributed by atoms with Crippen molar-refractivity contribution < 1.29 is 14.3 Å². The third kappa shape index (κ3) is 4.21. The molecule has 0 fully saturated rings. The van der Waals surface area contributed by atoms with Gasteiger partial charge >= 0.3 is 5.97 Å². The molecule has 0 radical (unpaired) electrons. The molecular weight excluding hydrogens is 361 g/mol. The van der Waals surface area contributed by atoms with E-state index < -0.39 is 5.97 Å². The largest absolute Gasteiger partial charge is 0.494 e. The van der Waals surface area contributed by atoms with Gasteiger partial charge in [-0.05, 0) is 48.4 Å². The van der Waals surface area contributed by atoms with Crippen molar-refractivity contribution >= 4 is 41.1 Å². The predicted octanol–water partition coefficient (Wildman–Crippen LogP) is 5.13. The van der Waals surface area contributed by atoms with Gasteiger partial charge in [0.15, 0.2) is 5.70 Å². The molecule has 0 saturated heterocycles. The van der Waals surface area contributed by atoms with Gasteiger partial charge in [-0.2, -0.15) is 0 Å². The lowest BCUT2D eigenvalue weighted by molar-refractivity contribution is -0.129. The molecule has 0 unspecified atom stereocenters. The first-order valence-corrected chi connectivity index (χ1v) is 8.53. The molecular formula is C19H15Cl2NO3. The Bertz CT molecular complexity index is 875. The minimum Gasteiger partial charge on any atom is -0.494 e. The maximum atomic E-state index is 12.1. The zero-order valence-electron chi connectivity index (χ0n) is 13.5. The second-order valence-electron chi connectivity index (χ2n) is 5.38. The van der Waals surface area contributed by atoms with E-state index in [0.717, 1.165) is 17.7 Å². The molecule has 1 heterocycles. The van der Waals surface area contributed by atoms with Gasteiger partial charge in [0.05, 0.1) is 17.2 Å². The van der Waals surface area contributed by atoms with Gasteiger partial charge in [0.2, 0.25) is 5.90 Å². The van der Waals surface area contributed by atoms with Crippen LogP contribution in [0.1, 0.15) is 24.5 Å². The van der Waals surface area contributed by atoms with Crippen LogP contribution >= 0.6 is 23.2 Å². The molecule has 1 aliphatic heterocycles. The minimum atomic E-state index is -0.527. The van der Waals surface area contributed by atoms with Crippen LogP contribution in [0.2, 0.25) is 10.0 Å². The number of cyclic esters (lactones) is 1. The molecule has 1 aliphatic rings. The standard InChI is InChI=1S/C19H15Cl2NO3/c1-2-8-24-14-5-3-4-12(9-14)10-17-19(23)25-18(22-17)15-7-6-13(20)11-16(15)21/h3-7,9-11H,2,8H2,1H3. The number of carbonyl (C=O) groups excluding carboxylic acids is 1. The highest BCUT2D eigenvalue weighted by Crippen LogP contribution is 2.26. The molecule has 0 spiro atoms. The number of carbonyl (C=O) groups is 1. The number of benzene rings is 2. The van der Waals surface area contributed by atoms with Crippen LogP contribution in [0.4, 0.5) is 0 Å². The van der Waals surface area contributed by atoms with Crippen molar-refractivity contribution in [1.82, 2.24) is 0 Å². The van der Waals surface area contributed by atoms with Gasteiger partial charge in [-0.25, -0.2) is 9.79 Å². The third-order valence-electron chi connectivity index (χ3n) is 3.42. The minimum absolute atomic E-state index is 0.163. The average molecular weight is 376 g/mol. The number of nitrogens with zero attached hydrogens (tertiary/aromatic N) is 1. The molecule has 25 heavy (non-hydrogen) atoms. The van der Waals surface area contributed by atoms with Crippen molar-refractivity contribution in [3.63, 3.8) is 0 Å². The zero-order chi connectivity index (χ0) is 17.8. The Morgan fingerprint density at radius 3 is 2.80 bits per heavy atom. The Labute approximate surface area is 155 Å². The zero-order valence-corrected chi connectivity index (χ0v) is 15.0. The molecule has 0 N–H and O–H groups in total. The molecule has 0 saturated carbocycles. The van der Waals surface area contributed by atoms with E-state index in [2.05, 4.69) is 4.99 Å². The number of hydrogen-bond acceptors (Lipinski definition) is 4. The molecule has 0 aliphatic carbocycles. The van der Waals surface area contributed by atoms with Gasteiger partial charge in [-0.15, -0.1) is 0 Å². The molecule has 6 heteroatoms. The second kappa shape index (κ2) is 7.72. The number of halogens is 2. The van der Waals surface area contributed by atoms with Crippen LogP contribution in [0.5, 0.6) is 5.75 Å². The van der Waals surface area contributed by atoms with Crippen LogP contribution in [0.15, 0.2) is 53.2 Å². The summed E-state index contributed by atoms with van der Waals surface area (Å²) >= 11 is 12.0. The van der Waals surface area contributed by atoms with Crippen LogP contribution in [0.25, 0.3) is 6.08 Å². The van der Waals surface area contributed by atoms with Crippen LogP contribution in [-0.2, 0) is 9.53 Å². The van der Waals surface area contributed by atoms with Crippen molar-refractivity contribution in [2.45, 2.75) is 13.3 Å². The maximum Gasteiger partial charge on any atom is 0.363 e. The lowest BCUT2D eigenvalue weighted by Crippen LogP contribution is -2.05. The molecule has 3 rings (SSSR count). The highest BCUT2D eigenvalue weighted by molar-refractivity contribution is 6.37. The summed E-state index contributed by atoms with van der Waals surface area (Å²) in [7, 11) is 0. The lowest BCUT2D eigenvalue weighted by Gasteiger charge is -2.04. The van der Waals surface area contributed by atoms with Gasteiger partial charge in [0.25, 0.3) is 0 Å². The van der Waals surface area contributed by atoms with E-state index in [0.29, 0.717) is 22.2 Å². The van der Waals surface area contributed by atoms with E-state index in [1.807, 2.05) is 31.2 Å². The Kier molecular flexibility index (Phi) is 5.41. The molecule has 0 aromatic heterocycles. The van der Waals surface area contributed by atoms with E-state index >= 15 is 0 Å². The van der Waals surface area contributed by atoms with Gasteiger partial charge < -0.3 is 9.47 Å². The smallest absolute Gasteiger partial charge is 0.363 e. The van der Waals surface area contributed by atoms with E-state index in [1.165, 1.54) is 0 Å². The third-order valence-corrected chi connectivity index (χ3v) is 3.96. The summed E-state index contributed by atoms with van der Waals surface area (Å²) in [5, 5.41) is 0.869. The molecule has 2 aromatic rings. The monoisotopic (exact) mass is 375 g/mol. The molecule has 0 amide bonds. The number of hydrogen-bond donors (Lipinski definition) is 0. The molecule has 4 nitrogen and oxygen atoms in total. The summed E-state index contributed by atoms with van der Waals surface area (Å²) in [6.07, 6.45) is 2.57. The van der Waals surface area contributed by atoms with E-state index in [9.17, 15) is 4.79 Å². The average Bonchev–Trinajstić information content (AvgIpc) is 2.93. The summed E-state index contributed by atoms with van der Waals surface area (Å²) in [4.78, 5) is 16.3. The number of ether oxygens (including phenoxy) is 2. The van der Waals surface area contributed by atoms with Crippen molar-refractivity contribution in [3.05, 3.63) is 69.3 Å². The lowest BCUT2D eigenvalue weighted by atomic mass is 10.2. The van der Waals surface area contributed by atoms with Gasteiger partial charge in [-0.3, -0.25) is 0 Å². The first-order valence-electron chi connectivity index (χ1n) is 7.77. The maximum absolute atomic E-state index is 12.1. The molecule has 0 bridgehead atoms. The quantitative estimate of drug-likeness (QED) is 0.537. The van der Waals surface area contributed by atoms with Crippen molar-refractivity contribution in [3.8, 4) is 5.75 Å². The summed E-state index contributed by atoms with van der Waals surface area (Å²) in [5.74, 6) is 0.379. The SMILES string of the molecule is CCCOc1cccc(C=C2N=C(c3ccc(Cl)cc3Cl)OC2=O)c1. The number of rotatable bonds is 5.